The molecule has 0 fully saturated rings. The minimum atomic E-state index is -3.79. The van der Waals surface area contributed by atoms with Gasteiger partial charge in [0.25, 0.3) is 0 Å². The molecule has 0 atom stereocenters. The van der Waals surface area contributed by atoms with E-state index >= 15 is 0 Å². The molecule has 0 unspecified atom stereocenters. The van der Waals surface area contributed by atoms with Gasteiger partial charge in [-0.15, -0.1) is 0 Å². The molecule has 3 nitrogen and oxygen atoms in total. The Hall–Kier alpha value is 2.04. The Morgan fingerprint density at radius 2 is 1.33 bits per heavy atom. The van der Waals surface area contributed by atoms with Crippen LogP contribution in [0.5, 0.6) is 0 Å². The Morgan fingerprint density at radius 1 is 1.33 bits per heavy atom. The van der Waals surface area contributed by atoms with Crippen molar-refractivity contribution < 1.29 is 41.8 Å². The van der Waals surface area contributed by atoms with Crippen molar-refractivity contribution in [1.82, 2.24) is 0 Å². The zero-order valence-electron chi connectivity index (χ0n) is 3.13. The van der Waals surface area contributed by atoms with Gasteiger partial charge in [-0.25, -0.2) is 0 Å². The summed E-state index contributed by atoms with van der Waals surface area (Å²) in [7, 11) is 0. The maximum absolute atomic E-state index is 8.54. The van der Waals surface area contributed by atoms with Gasteiger partial charge in [0.1, 0.15) is 0 Å². The molecule has 0 rings (SSSR count). The van der Waals surface area contributed by atoms with Crippen molar-refractivity contribution in [2.24, 2.45) is 0 Å². The summed E-state index contributed by atoms with van der Waals surface area (Å²) in [6, 6.07) is 0. The first kappa shape index (κ1) is 15.7. The second kappa shape index (κ2) is 10.1. The van der Waals surface area contributed by atoms with Crippen LogP contribution in [0.25, 0.3) is 0 Å². The molecule has 0 heterocycles. The molecule has 0 bridgehead atoms. The fourth-order valence-corrected chi connectivity index (χ4v) is 0. The molecular formula is NaO3SeSn+3. The summed E-state index contributed by atoms with van der Waals surface area (Å²) in [5.74, 6) is 0. The van der Waals surface area contributed by atoms with Crippen LogP contribution >= 0.6 is 0 Å². The molecule has 0 aliphatic carbocycles. The summed E-state index contributed by atoms with van der Waals surface area (Å²) >= 11 is -3.79. The van der Waals surface area contributed by atoms with Crippen LogP contribution in [0.3, 0.4) is 0 Å². The summed E-state index contributed by atoms with van der Waals surface area (Å²) in [5, 5.41) is 0. The molecule has 0 amide bonds. The Bertz CT molecular complexity index is 33.8. The van der Waals surface area contributed by atoms with Crippen LogP contribution in [0, 0.1) is 0 Å². The topological polar surface area (TPSA) is 63.2 Å². The first-order valence-corrected chi connectivity index (χ1v) is 2.60. The number of rotatable bonds is 0. The molecule has 0 saturated heterocycles. The van der Waals surface area contributed by atoms with Crippen molar-refractivity contribution in [3.63, 3.8) is 0 Å². The largest absolute Gasteiger partial charge is 4.00 e. The van der Waals surface area contributed by atoms with Crippen LogP contribution in [0.4, 0.5) is 0 Å². The molecule has 0 aromatic carbocycles. The van der Waals surface area contributed by atoms with Crippen LogP contribution in [0.2, 0.25) is 0 Å². The molecular weight excluding hydrogens is 269 g/mol. The molecule has 0 aliphatic rings. The first-order valence-electron chi connectivity index (χ1n) is 0.500. The van der Waals surface area contributed by atoms with Gasteiger partial charge in [0.05, 0.1) is 0 Å². The van der Waals surface area contributed by atoms with E-state index in [1.165, 1.54) is 0 Å². The first-order chi connectivity index (χ1) is 1.73. The van der Waals surface area contributed by atoms with Crippen LogP contribution in [-0.4, -0.2) is 38.4 Å². The molecule has 0 aliphatic heterocycles. The molecule has 0 aromatic heterocycles. The number of hydrogen-bond donors (Lipinski definition) is 0. The third-order valence-electron chi connectivity index (χ3n) is 0. The Kier molecular flexibility index (Phi) is 26.4. The molecule has 0 aromatic rings. The van der Waals surface area contributed by atoms with E-state index in [-0.39, 0.29) is 53.5 Å². The molecule has 26 valence electrons. The Morgan fingerprint density at radius 3 is 1.33 bits per heavy atom. The SMILES string of the molecule is O=[Se]([O-])[O-].[Na+].[Sn+4]. The van der Waals surface area contributed by atoms with E-state index < -0.39 is 14.5 Å². The third-order valence-corrected chi connectivity index (χ3v) is 0. The average Bonchev–Trinajstić information content (AvgIpc) is 0.811. The predicted molar refractivity (Wildman–Crippen MR) is 12.2 cm³/mol. The van der Waals surface area contributed by atoms with Gasteiger partial charge in [-0.2, -0.15) is 0 Å². The van der Waals surface area contributed by atoms with E-state index in [9.17, 15) is 0 Å². The predicted octanol–water partition coefficient (Wildman–Crippen LogP) is -6.25. The smallest absolute Gasteiger partial charge is 1.00 e. The molecule has 0 N–H and O–H groups in total. The van der Waals surface area contributed by atoms with Crippen LogP contribution in [-0.2, 0) is 3.83 Å². The summed E-state index contributed by atoms with van der Waals surface area (Å²) in [4.78, 5) is 0. The van der Waals surface area contributed by atoms with Gasteiger partial charge < -0.3 is 0 Å². The maximum Gasteiger partial charge on any atom is 4.00 e. The second-order valence-corrected chi connectivity index (χ2v) is 1.06. The van der Waals surface area contributed by atoms with Crippen LogP contribution in [0.15, 0.2) is 0 Å². The van der Waals surface area contributed by atoms with Crippen molar-refractivity contribution in [3.05, 3.63) is 0 Å². The molecule has 6 heavy (non-hydrogen) atoms. The number of hydrogen-bond acceptors (Lipinski definition) is 3. The Balaban J connectivity index is -0.0000000450. The minimum absolute atomic E-state index is 0. The average molecular weight is 269 g/mol. The van der Waals surface area contributed by atoms with Gasteiger partial charge >= 0.3 is 80.2 Å². The van der Waals surface area contributed by atoms with Gasteiger partial charge in [0.15, 0.2) is 0 Å². The summed E-state index contributed by atoms with van der Waals surface area (Å²) < 4.78 is 25.6. The van der Waals surface area contributed by atoms with Crippen LogP contribution < -0.4 is 37.9 Å². The summed E-state index contributed by atoms with van der Waals surface area (Å²) in [6.07, 6.45) is 0. The maximum atomic E-state index is 8.54. The van der Waals surface area contributed by atoms with Crippen molar-refractivity contribution in [1.29, 1.82) is 0 Å². The van der Waals surface area contributed by atoms with Crippen molar-refractivity contribution in [2.45, 2.75) is 0 Å². The van der Waals surface area contributed by atoms with Gasteiger partial charge in [-0.3, -0.25) is 0 Å². The van der Waals surface area contributed by atoms with E-state index in [1.807, 2.05) is 0 Å². The molecule has 0 saturated carbocycles. The molecule has 6 heteroatoms. The van der Waals surface area contributed by atoms with Gasteiger partial charge in [0, 0.05) is 0 Å². The van der Waals surface area contributed by atoms with E-state index in [0.717, 1.165) is 0 Å². The fraction of sp³-hybridized carbons (Fsp3) is 0. The monoisotopic (exact) mass is 271 g/mol. The minimum Gasteiger partial charge on any atom is 1.00 e. The van der Waals surface area contributed by atoms with E-state index in [0.29, 0.717) is 0 Å². The second-order valence-electron chi connectivity index (χ2n) is 0.204. The zero-order chi connectivity index (χ0) is 3.58. The van der Waals surface area contributed by atoms with E-state index in [4.69, 9.17) is 12.2 Å². The van der Waals surface area contributed by atoms with Gasteiger partial charge in [-0.1, -0.05) is 0 Å². The van der Waals surface area contributed by atoms with Gasteiger partial charge in [0.2, 0.25) is 0 Å². The van der Waals surface area contributed by atoms with Crippen LogP contribution in [0.1, 0.15) is 0 Å². The molecule has 0 spiro atoms. The molecule has 0 radical (unpaired) electrons. The summed E-state index contributed by atoms with van der Waals surface area (Å²) in [6.45, 7) is 0. The fourth-order valence-electron chi connectivity index (χ4n) is 0. The van der Waals surface area contributed by atoms with E-state index in [1.54, 1.807) is 0 Å². The zero-order valence-corrected chi connectivity index (χ0v) is 9.70. The van der Waals surface area contributed by atoms with Gasteiger partial charge in [-0.05, 0) is 0 Å². The standard InChI is InChI=1S/Na.H2O3Se.Sn/c;1-4(2)3;/h;(H2,1,2,3);/q+1;;+4/p-2. The summed E-state index contributed by atoms with van der Waals surface area (Å²) in [5.41, 5.74) is 0. The third kappa shape index (κ3) is 36.9. The Labute approximate surface area is 79.1 Å². The van der Waals surface area contributed by atoms with Crippen molar-refractivity contribution in [2.75, 3.05) is 0 Å². The quantitative estimate of drug-likeness (QED) is 0.411. The van der Waals surface area contributed by atoms with Crippen molar-refractivity contribution >= 4 is 38.4 Å². The van der Waals surface area contributed by atoms with Crippen molar-refractivity contribution in [3.8, 4) is 0 Å². The normalized spacial score (nSPS) is 5.83. The van der Waals surface area contributed by atoms with E-state index in [2.05, 4.69) is 0 Å².